The van der Waals surface area contributed by atoms with Crippen molar-refractivity contribution in [2.24, 2.45) is 0 Å². The lowest BCUT2D eigenvalue weighted by Gasteiger charge is -2.06. The van der Waals surface area contributed by atoms with Gasteiger partial charge in [0.2, 0.25) is 5.91 Å². The molecule has 5 nitrogen and oxygen atoms in total. The fourth-order valence-electron chi connectivity index (χ4n) is 1.55. The molecule has 1 aromatic carbocycles. The molecule has 0 aliphatic carbocycles. The van der Waals surface area contributed by atoms with Crippen LogP contribution in [0.5, 0.6) is 0 Å². The summed E-state index contributed by atoms with van der Waals surface area (Å²) in [6, 6.07) is 9.78. The van der Waals surface area contributed by atoms with Gasteiger partial charge >= 0.3 is 5.97 Å². The van der Waals surface area contributed by atoms with Crippen LogP contribution in [0, 0.1) is 0 Å². The Kier molecular flexibility index (Phi) is 8.07. The molecule has 5 heteroatoms. The van der Waals surface area contributed by atoms with Crippen molar-refractivity contribution in [2.75, 3.05) is 19.8 Å². The van der Waals surface area contributed by atoms with Gasteiger partial charge in [0.05, 0.1) is 26.2 Å². The third kappa shape index (κ3) is 7.53. The van der Waals surface area contributed by atoms with Gasteiger partial charge < -0.3 is 14.8 Å². The molecule has 0 atom stereocenters. The monoisotopic (exact) mass is 279 g/mol. The summed E-state index contributed by atoms with van der Waals surface area (Å²) in [4.78, 5) is 22.5. The van der Waals surface area contributed by atoms with Gasteiger partial charge in [-0.3, -0.25) is 9.59 Å². The predicted octanol–water partition coefficient (Wildman–Crippen LogP) is 1.66. The largest absolute Gasteiger partial charge is 0.466 e. The second-order valence-electron chi connectivity index (χ2n) is 4.19. The minimum absolute atomic E-state index is 0.123. The highest BCUT2D eigenvalue weighted by Crippen LogP contribution is 2.00. The quantitative estimate of drug-likeness (QED) is 0.551. The van der Waals surface area contributed by atoms with Gasteiger partial charge in [0, 0.05) is 13.0 Å². The lowest BCUT2D eigenvalue weighted by molar-refractivity contribution is -0.143. The fourth-order valence-corrected chi connectivity index (χ4v) is 1.55. The molecule has 0 saturated heterocycles. The molecule has 0 aliphatic heterocycles. The van der Waals surface area contributed by atoms with Crippen molar-refractivity contribution in [3.05, 3.63) is 35.9 Å². The summed E-state index contributed by atoms with van der Waals surface area (Å²) in [5.74, 6) is -0.421. The van der Waals surface area contributed by atoms with Crippen LogP contribution in [-0.2, 0) is 25.7 Å². The molecule has 1 rings (SSSR count). The maximum atomic E-state index is 11.5. The lowest BCUT2D eigenvalue weighted by Crippen LogP contribution is -2.27. The van der Waals surface area contributed by atoms with Crippen molar-refractivity contribution >= 4 is 11.9 Å². The summed E-state index contributed by atoms with van der Waals surface area (Å²) < 4.78 is 10.2. The summed E-state index contributed by atoms with van der Waals surface area (Å²) in [6.07, 6.45) is 0.486. The van der Waals surface area contributed by atoms with Crippen LogP contribution in [0.2, 0.25) is 0 Å². The van der Waals surface area contributed by atoms with Crippen LogP contribution in [0.25, 0.3) is 0 Å². The maximum Gasteiger partial charge on any atom is 0.307 e. The molecule has 1 aromatic rings. The SMILES string of the molecule is CCOC(=O)CCNC(=O)CCOCc1ccccc1. The van der Waals surface area contributed by atoms with Crippen molar-refractivity contribution in [3.8, 4) is 0 Å². The van der Waals surface area contributed by atoms with Gasteiger partial charge in [-0.2, -0.15) is 0 Å². The Morgan fingerprint density at radius 3 is 2.60 bits per heavy atom. The highest BCUT2D eigenvalue weighted by Gasteiger charge is 2.04. The lowest BCUT2D eigenvalue weighted by atomic mass is 10.2. The van der Waals surface area contributed by atoms with E-state index in [9.17, 15) is 9.59 Å². The van der Waals surface area contributed by atoms with Crippen LogP contribution in [-0.4, -0.2) is 31.6 Å². The van der Waals surface area contributed by atoms with E-state index in [1.165, 1.54) is 0 Å². The zero-order valence-electron chi connectivity index (χ0n) is 11.8. The van der Waals surface area contributed by atoms with Gasteiger partial charge in [0.15, 0.2) is 0 Å². The normalized spacial score (nSPS) is 10.1. The Hall–Kier alpha value is -1.88. The molecule has 20 heavy (non-hydrogen) atoms. The van der Waals surface area contributed by atoms with Gasteiger partial charge in [0.25, 0.3) is 0 Å². The van der Waals surface area contributed by atoms with Crippen LogP contribution in [0.3, 0.4) is 0 Å². The molecule has 0 fully saturated rings. The van der Waals surface area contributed by atoms with Gasteiger partial charge in [-0.1, -0.05) is 30.3 Å². The standard InChI is InChI=1S/C15H21NO4/c1-2-20-15(18)8-10-16-14(17)9-11-19-12-13-6-4-3-5-7-13/h3-7H,2,8-12H2,1H3,(H,16,17). The Morgan fingerprint density at radius 2 is 1.90 bits per heavy atom. The Balaban J connectivity index is 2.01. The fraction of sp³-hybridized carbons (Fsp3) is 0.467. The molecule has 0 spiro atoms. The van der Waals surface area contributed by atoms with E-state index in [0.717, 1.165) is 5.56 Å². The summed E-state index contributed by atoms with van der Waals surface area (Å²) in [7, 11) is 0. The topological polar surface area (TPSA) is 64.6 Å². The summed E-state index contributed by atoms with van der Waals surface area (Å²) in [5, 5.41) is 2.65. The number of rotatable bonds is 9. The zero-order chi connectivity index (χ0) is 14.6. The van der Waals surface area contributed by atoms with Crippen LogP contribution in [0.1, 0.15) is 25.3 Å². The van der Waals surface area contributed by atoms with Crippen molar-refractivity contribution in [1.82, 2.24) is 5.32 Å². The molecule has 110 valence electrons. The third-order valence-corrected chi connectivity index (χ3v) is 2.54. The molecule has 0 heterocycles. The molecule has 0 aromatic heterocycles. The molecule has 1 N–H and O–H groups in total. The minimum atomic E-state index is -0.298. The molecule has 0 radical (unpaired) electrons. The van der Waals surface area contributed by atoms with E-state index in [4.69, 9.17) is 9.47 Å². The molecule has 0 unspecified atom stereocenters. The highest BCUT2D eigenvalue weighted by molar-refractivity contribution is 5.77. The maximum absolute atomic E-state index is 11.5. The molecule has 0 aliphatic rings. The van der Waals surface area contributed by atoms with Gasteiger partial charge in [-0.05, 0) is 12.5 Å². The number of ether oxygens (including phenoxy) is 2. The van der Waals surface area contributed by atoms with Crippen molar-refractivity contribution in [3.63, 3.8) is 0 Å². The van der Waals surface area contributed by atoms with Crippen LogP contribution < -0.4 is 5.32 Å². The number of hydrogen-bond donors (Lipinski definition) is 1. The van der Waals surface area contributed by atoms with Gasteiger partial charge in [-0.15, -0.1) is 0 Å². The van der Waals surface area contributed by atoms with Crippen molar-refractivity contribution in [2.45, 2.75) is 26.4 Å². The van der Waals surface area contributed by atoms with E-state index in [2.05, 4.69) is 5.32 Å². The Bertz CT molecular complexity index is 406. The Morgan fingerprint density at radius 1 is 1.15 bits per heavy atom. The molecule has 0 saturated carbocycles. The number of esters is 1. The zero-order valence-corrected chi connectivity index (χ0v) is 11.8. The molecule has 1 amide bonds. The van der Waals surface area contributed by atoms with Crippen molar-refractivity contribution in [1.29, 1.82) is 0 Å². The van der Waals surface area contributed by atoms with E-state index in [1.807, 2.05) is 30.3 Å². The third-order valence-electron chi connectivity index (χ3n) is 2.54. The van der Waals surface area contributed by atoms with Gasteiger partial charge in [-0.25, -0.2) is 0 Å². The minimum Gasteiger partial charge on any atom is -0.466 e. The molecule has 0 bridgehead atoms. The second kappa shape index (κ2) is 9.97. The number of carbonyl (C=O) groups excluding carboxylic acids is 2. The Labute approximate surface area is 119 Å². The van der Waals surface area contributed by atoms with Gasteiger partial charge in [0.1, 0.15) is 0 Å². The van der Waals surface area contributed by atoms with E-state index in [0.29, 0.717) is 26.4 Å². The number of carbonyl (C=O) groups is 2. The molecular formula is C15H21NO4. The number of hydrogen-bond acceptors (Lipinski definition) is 4. The number of benzene rings is 1. The first-order chi connectivity index (χ1) is 9.72. The highest BCUT2D eigenvalue weighted by atomic mass is 16.5. The van der Waals surface area contributed by atoms with Crippen LogP contribution in [0.4, 0.5) is 0 Å². The first-order valence-electron chi connectivity index (χ1n) is 6.76. The van der Waals surface area contributed by atoms with E-state index in [1.54, 1.807) is 6.92 Å². The number of amides is 1. The smallest absolute Gasteiger partial charge is 0.307 e. The molecular weight excluding hydrogens is 258 g/mol. The summed E-state index contributed by atoms with van der Waals surface area (Å²) in [6.45, 7) is 3.27. The number of nitrogens with one attached hydrogen (secondary N) is 1. The summed E-state index contributed by atoms with van der Waals surface area (Å²) >= 11 is 0. The first-order valence-corrected chi connectivity index (χ1v) is 6.76. The predicted molar refractivity (Wildman–Crippen MR) is 75.0 cm³/mol. The average molecular weight is 279 g/mol. The first kappa shape index (κ1) is 16.2. The van der Waals surface area contributed by atoms with E-state index >= 15 is 0 Å². The summed E-state index contributed by atoms with van der Waals surface area (Å²) in [5.41, 5.74) is 1.08. The van der Waals surface area contributed by atoms with Crippen LogP contribution >= 0.6 is 0 Å². The van der Waals surface area contributed by atoms with Crippen LogP contribution in [0.15, 0.2) is 30.3 Å². The van der Waals surface area contributed by atoms with Crippen molar-refractivity contribution < 1.29 is 19.1 Å². The van der Waals surface area contributed by atoms with E-state index < -0.39 is 0 Å². The average Bonchev–Trinajstić information content (AvgIpc) is 2.45. The second-order valence-corrected chi connectivity index (χ2v) is 4.19. The van der Waals surface area contributed by atoms with E-state index in [-0.39, 0.29) is 24.7 Å².